The highest BCUT2D eigenvalue weighted by molar-refractivity contribution is 5.54. The zero-order valence-electron chi connectivity index (χ0n) is 11.8. The molecule has 0 aliphatic rings. The summed E-state index contributed by atoms with van der Waals surface area (Å²) in [5.41, 5.74) is 2.08. The van der Waals surface area contributed by atoms with Gasteiger partial charge in [-0.2, -0.15) is 5.11 Å². The van der Waals surface area contributed by atoms with Crippen LogP contribution in [-0.4, -0.2) is 24.3 Å². The van der Waals surface area contributed by atoms with Crippen LogP contribution in [0.1, 0.15) is 5.56 Å². The number of nitrogens with zero attached hydrogens (tertiary/aromatic N) is 2. The van der Waals surface area contributed by atoms with Crippen LogP contribution in [-0.2, 0) is 0 Å². The highest BCUT2D eigenvalue weighted by atomic mass is 16.3. The molecule has 0 heterocycles. The summed E-state index contributed by atoms with van der Waals surface area (Å²) in [5.74, 6) is -0.0975. The smallest absolute Gasteiger partial charge is 0.146 e. The molecule has 0 radical (unpaired) electrons. The quantitative estimate of drug-likeness (QED) is 0.731. The first-order chi connectivity index (χ1) is 9.58. The third-order valence-electron chi connectivity index (χ3n) is 2.34. The minimum atomic E-state index is -0.0951. The van der Waals surface area contributed by atoms with Gasteiger partial charge in [-0.1, -0.05) is 18.2 Å². The largest absolute Gasteiger partial charge is 0.508 e. The van der Waals surface area contributed by atoms with Gasteiger partial charge in [0.15, 0.2) is 0 Å². The highest BCUT2D eigenvalue weighted by Crippen LogP contribution is 2.31. The van der Waals surface area contributed by atoms with Crippen LogP contribution in [0.5, 0.6) is 11.5 Å². The van der Waals surface area contributed by atoms with Gasteiger partial charge in [0, 0.05) is 6.07 Å². The van der Waals surface area contributed by atoms with Crippen LogP contribution in [0.3, 0.4) is 0 Å². The van der Waals surface area contributed by atoms with Gasteiger partial charge in [-0.15, -0.1) is 5.11 Å². The van der Waals surface area contributed by atoms with Crippen molar-refractivity contribution in [3.05, 3.63) is 48.0 Å². The standard InChI is InChI=1S/C13H12N2O2.C2H7N/c1-9-4-2-3-5-11(9)14-15-12-7-6-10(16)8-13(12)17;1-3-2/h2-8,16-17H,1H3;3H,1-2H3. The van der Waals surface area contributed by atoms with Crippen molar-refractivity contribution in [3.63, 3.8) is 0 Å². The topological polar surface area (TPSA) is 77.2 Å². The number of phenolic OH excluding ortho intramolecular Hbond substituents is 2. The van der Waals surface area contributed by atoms with Crippen LogP contribution in [0, 0.1) is 6.92 Å². The number of rotatable bonds is 2. The number of azo groups is 1. The molecule has 0 spiro atoms. The minimum absolute atomic E-state index is 0.00246. The normalized spacial score (nSPS) is 10.2. The van der Waals surface area contributed by atoms with Crippen LogP contribution in [0.2, 0.25) is 0 Å². The van der Waals surface area contributed by atoms with Crippen molar-refractivity contribution in [2.75, 3.05) is 14.1 Å². The van der Waals surface area contributed by atoms with Gasteiger partial charge in [0.2, 0.25) is 0 Å². The summed E-state index contributed by atoms with van der Waals surface area (Å²) in [5, 5.41) is 29.4. The molecule has 0 amide bonds. The van der Waals surface area contributed by atoms with E-state index >= 15 is 0 Å². The van der Waals surface area contributed by atoms with Gasteiger partial charge in [-0.3, -0.25) is 0 Å². The number of aryl methyl sites for hydroxylation is 1. The van der Waals surface area contributed by atoms with Gasteiger partial charge in [0.1, 0.15) is 17.2 Å². The molecule has 0 bridgehead atoms. The van der Waals surface area contributed by atoms with E-state index in [4.69, 9.17) is 5.11 Å². The van der Waals surface area contributed by atoms with Crippen molar-refractivity contribution in [1.82, 2.24) is 5.32 Å². The Kier molecular flexibility index (Phi) is 6.19. The predicted octanol–water partition coefficient (Wildman–Crippen LogP) is 3.66. The maximum Gasteiger partial charge on any atom is 0.146 e. The Hall–Kier alpha value is -2.40. The van der Waals surface area contributed by atoms with Crippen LogP contribution in [0.4, 0.5) is 11.4 Å². The van der Waals surface area contributed by atoms with E-state index in [0.717, 1.165) is 11.3 Å². The fourth-order valence-electron chi connectivity index (χ4n) is 1.38. The van der Waals surface area contributed by atoms with Crippen molar-refractivity contribution < 1.29 is 10.2 Å². The summed E-state index contributed by atoms with van der Waals surface area (Å²) in [6.07, 6.45) is 0. The zero-order chi connectivity index (χ0) is 15.0. The lowest BCUT2D eigenvalue weighted by atomic mass is 10.2. The molecule has 0 aliphatic heterocycles. The van der Waals surface area contributed by atoms with E-state index in [1.165, 1.54) is 18.2 Å². The average Bonchev–Trinajstić information content (AvgIpc) is 2.40. The number of phenols is 2. The fraction of sp³-hybridized carbons (Fsp3) is 0.200. The Morgan fingerprint density at radius 3 is 2.10 bits per heavy atom. The molecule has 2 rings (SSSR count). The van der Waals surface area contributed by atoms with Crippen molar-refractivity contribution in [1.29, 1.82) is 0 Å². The second-order valence-electron chi connectivity index (χ2n) is 4.16. The second kappa shape index (κ2) is 7.91. The molecular weight excluding hydrogens is 254 g/mol. The molecular formula is C15H19N3O2. The van der Waals surface area contributed by atoms with E-state index in [1.807, 2.05) is 45.3 Å². The zero-order valence-corrected chi connectivity index (χ0v) is 11.8. The SMILES string of the molecule is CNC.Cc1ccccc1N=Nc1ccc(O)cc1O. The van der Waals surface area contributed by atoms with Gasteiger partial charge in [0.25, 0.3) is 0 Å². The Balaban J connectivity index is 0.000000612. The Labute approximate surface area is 118 Å². The van der Waals surface area contributed by atoms with Crippen molar-refractivity contribution in [2.24, 2.45) is 10.2 Å². The number of hydrogen-bond donors (Lipinski definition) is 3. The molecule has 0 saturated carbocycles. The number of hydrogen-bond acceptors (Lipinski definition) is 5. The molecule has 0 fully saturated rings. The van der Waals surface area contributed by atoms with Gasteiger partial charge in [-0.25, -0.2) is 0 Å². The molecule has 0 unspecified atom stereocenters. The molecule has 2 aromatic rings. The van der Waals surface area contributed by atoms with E-state index in [9.17, 15) is 5.11 Å². The number of nitrogens with one attached hydrogen (secondary N) is 1. The van der Waals surface area contributed by atoms with Gasteiger partial charge >= 0.3 is 0 Å². The van der Waals surface area contributed by atoms with E-state index in [1.54, 1.807) is 0 Å². The molecule has 0 atom stereocenters. The van der Waals surface area contributed by atoms with E-state index < -0.39 is 0 Å². The van der Waals surface area contributed by atoms with E-state index in [0.29, 0.717) is 5.69 Å². The second-order valence-corrected chi connectivity index (χ2v) is 4.16. The summed E-state index contributed by atoms with van der Waals surface area (Å²) >= 11 is 0. The predicted molar refractivity (Wildman–Crippen MR) is 80.1 cm³/mol. The van der Waals surface area contributed by atoms with Crippen LogP contribution in [0.15, 0.2) is 52.7 Å². The maximum atomic E-state index is 9.52. The van der Waals surface area contributed by atoms with E-state index in [2.05, 4.69) is 15.5 Å². The summed E-state index contributed by atoms with van der Waals surface area (Å²) in [6, 6.07) is 11.8. The van der Waals surface area contributed by atoms with E-state index in [-0.39, 0.29) is 11.5 Å². The number of aromatic hydroxyl groups is 2. The molecule has 20 heavy (non-hydrogen) atoms. The Morgan fingerprint density at radius 2 is 1.50 bits per heavy atom. The fourth-order valence-corrected chi connectivity index (χ4v) is 1.38. The molecule has 3 N–H and O–H groups in total. The first-order valence-electron chi connectivity index (χ1n) is 6.16. The molecule has 5 heteroatoms. The third-order valence-corrected chi connectivity index (χ3v) is 2.34. The highest BCUT2D eigenvalue weighted by Gasteiger charge is 2.01. The van der Waals surface area contributed by atoms with Gasteiger partial charge in [0.05, 0.1) is 5.69 Å². The summed E-state index contributed by atoms with van der Waals surface area (Å²) < 4.78 is 0. The molecule has 5 nitrogen and oxygen atoms in total. The summed E-state index contributed by atoms with van der Waals surface area (Å²) in [6.45, 7) is 1.94. The lowest BCUT2D eigenvalue weighted by Gasteiger charge is -1.99. The number of benzene rings is 2. The van der Waals surface area contributed by atoms with Crippen LogP contribution < -0.4 is 5.32 Å². The summed E-state index contributed by atoms with van der Waals surface area (Å²) in [7, 11) is 3.75. The van der Waals surface area contributed by atoms with Gasteiger partial charge in [-0.05, 0) is 44.8 Å². The Morgan fingerprint density at radius 1 is 0.900 bits per heavy atom. The maximum absolute atomic E-state index is 9.52. The lowest BCUT2D eigenvalue weighted by molar-refractivity contribution is 0.451. The van der Waals surface area contributed by atoms with Crippen LogP contribution >= 0.6 is 0 Å². The van der Waals surface area contributed by atoms with Crippen molar-refractivity contribution in [2.45, 2.75) is 6.92 Å². The average molecular weight is 273 g/mol. The first kappa shape index (κ1) is 15.7. The van der Waals surface area contributed by atoms with Crippen LogP contribution in [0.25, 0.3) is 0 Å². The lowest BCUT2D eigenvalue weighted by Crippen LogP contribution is -1.89. The van der Waals surface area contributed by atoms with Crippen molar-refractivity contribution >= 4 is 11.4 Å². The summed E-state index contributed by atoms with van der Waals surface area (Å²) in [4.78, 5) is 0. The first-order valence-corrected chi connectivity index (χ1v) is 6.16. The molecule has 0 saturated heterocycles. The molecule has 2 aromatic carbocycles. The monoisotopic (exact) mass is 273 g/mol. The third kappa shape index (κ3) is 4.70. The van der Waals surface area contributed by atoms with Gasteiger partial charge < -0.3 is 15.5 Å². The van der Waals surface area contributed by atoms with Crippen molar-refractivity contribution in [3.8, 4) is 11.5 Å². The Bertz CT molecular complexity index is 583. The molecule has 0 aliphatic carbocycles. The molecule has 106 valence electrons. The minimum Gasteiger partial charge on any atom is -0.508 e. The molecule has 0 aromatic heterocycles.